The highest BCUT2D eigenvalue weighted by Crippen LogP contribution is 2.23. The predicted molar refractivity (Wildman–Crippen MR) is 87.2 cm³/mol. The number of rotatable bonds is 5. The van der Waals surface area contributed by atoms with E-state index in [1.165, 1.54) is 0 Å². The Labute approximate surface area is 132 Å². The smallest absolute Gasteiger partial charge is 0.137 e. The first-order valence-electron chi connectivity index (χ1n) is 6.93. The van der Waals surface area contributed by atoms with Crippen molar-refractivity contribution in [2.24, 2.45) is 0 Å². The summed E-state index contributed by atoms with van der Waals surface area (Å²) in [5.41, 5.74) is 3.49. The lowest BCUT2D eigenvalue weighted by Gasteiger charge is -2.10. The minimum atomic E-state index is -0.777. The van der Waals surface area contributed by atoms with E-state index in [4.69, 9.17) is 16.7 Å². The standard InChI is InChI=1S/C16H16ClN3O2/c17-12-4-5-16-19-15(9-20(16)8-12)11-2-1-3-13(6-11)18-7-14(22)10-21/h1-6,8-9,14,18,21-22H,7,10H2. The van der Waals surface area contributed by atoms with Gasteiger partial charge in [0.25, 0.3) is 0 Å². The molecular weight excluding hydrogens is 302 g/mol. The van der Waals surface area contributed by atoms with E-state index in [9.17, 15) is 5.11 Å². The molecule has 0 aliphatic heterocycles. The molecule has 0 saturated carbocycles. The van der Waals surface area contributed by atoms with Gasteiger partial charge in [0.1, 0.15) is 5.65 Å². The summed E-state index contributed by atoms with van der Waals surface area (Å²) in [5, 5.41) is 22.0. The summed E-state index contributed by atoms with van der Waals surface area (Å²) in [6.07, 6.45) is 2.96. The van der Waals surface area contributed by atoms with Crippen molar-refractivity contribution in [3.8, 4) is 11.3 Å². The summed E-state index contributed by atoms with van der Waals surface area (Å²) < 4.78 is 1.88. The number of nitrogens with one attached hydrogen (secondary N) is 1. The van der Waals surface area contributed by atoms with Crippen molar-refractivity contribution in [2.45, 2.75) is 6.10 Å². The van der Waals surface area contributed by atoms with Crippen molar-refractivity contribution in [1.29, 1.82) is 0 Å². The summed E-state index contributed by atoms with van der Waals surface area (Å²) in [5.74, 6) is 0. The van der Waals surface area contributed by atoms with Crippen molar-refractivity contribution < 1.29 is 10.2 Å². The van der Waals surface area contributed by atoms with Gasteiger partial charge in [-0.15, -0.1) is 0 Å². The van der Waals surface area contributed by atoms with E-state index in [1.807, 2.05) is 53.2 Å². The Morgan fingerprint density at radius 3 is 2.91 bits per heavy atom. The number of anilines is 1. The van der Waals surface area contributed by atoms with Crippen molar-refractivity contribution in [3.63, 3.8) is 0 Å². The van der Waals surface area contributed by atoms with E-state index in [0.717, 1.165) is 22.6 Å². The molecule has 0 saturated heterocycles. The highest BCUT2D eigenvalue weighted by molar-refractivity contribution is 6.30. The number of fused-ring (bicyclic) bond motifs is 1. The van der Waals surface area contributed by atoms with Gasteiger partial charge in [0, 0.05) is 30.2 Å². The van der Waals surface area contributed by atoms with Crippen molar-refractivity contribution in [3.05, 3.63) is 53.8 Å². The summed E-state index contributed by atoms with van der Waals surface area (Å²) in [6, 6.07) is 11.4. The van der Waals surface area contributed by atoms with Gasteiger partial charge in [-0.3, -0.25) is 0 Å². The van der Waals surface area contributed by atoms with Crippen molar-refractivity contribution in [1.82, 2.24) is 9.38 Å². The summed E-state index contributed by atoms with van der Waals surface area (Å²) in [7, 11) is 0. The lowest BCUT2D eigenvalue weighted by Crippen LogP contribution is -2.22. The number of hydrogen-bond donors (Lipinski definition) is 3. The van der Waals surface area contributed by atoms with Crippen LogP contribution in [-0.2, 0) is 0 Å². The molecule has 0 spiro atoms. The van der Waals surface area contributed by atoms with Crippen LogP contribution in [0.25, 0.3) is 16.9 Å². The van der Waals surface area contributed by atoms with Gasteiger partial charge in [0.2, 0.25) is 0 Å². The highest BCUT2D eigenvalue weighted by atomic mass is 35.5. The first-order valence-corrected chi connectivity index (χ1v) is 7.31. The van der Waals surface area contributed by atoms with Gasteiger partial charge in [0.05, 0.1) is 23.4 Å². The zero-order valence-electron chi connectivity index (χ0n) is 11.8. The third-order valence-electron chi connectivity index (χ3n) is 3.33. The monoisotopic (exact) mass is 317 g/mol. The maximum Gasteiger partial charge on any atom is 0.137 e. The minimum absolute atomic E-state index is 0.264. The van der Waals surface area contributed by atoms with Crippen LogP contribution in [0.2, 0.25) is 5.02 Å². The third kappa shape index (κ3) is 3.22. The van der Waals surface area contributed by atoms with Crippen LogP contribution in [0, 0.1) is 0 Å². The van der Waals surface area contributed by atoms with Crippen molar-refractivity contribution in [2.75, 3.05) is 18.5 Å². The lowest BCUT2D eigenvalue weighted by molar-refractivity contribution is 0.105. The van der Waals surface area contributed by atoms with Crippen molar-refractivity contribution >= 4 is 22.9 Å². The average Bonchev–Trinajstić information content (AvgIpc) is 2.96. The van der Waals surface area contributed by atoms with E-state index in [-0.39, 0.29) is 6.61 Å². The number of aromatic nitrogens is 2. The maximum absolute atomic E-state index is 9.39. The Hall–Kier alpha value is -2.08. The average molecular weight is 318 g/mol. The molecule has 0 fully saturated rings. The Morgan fingerprint density at radius 2 is 2.09 bits per heavy atom. The molecule has 6 heteroatoms. The predicted octanol–water partition coefficient (Wildman–Crippen LogP) is 2.42. The van der Waals surface area contributed by atoms with Crippen LogP contribution in [0.1, 0.15) is 0 Å². The second-order valence-electron chi connectivity index (χ2n) is 5.04. The Balaban J connectivity index is 1.86. The topological polar surface area (TPSA) is 69.8 Å². The highest BCUT2D eigenvalue weighted by Gasteiger charge is 2.06. The molecule has 0 amide bonds. The normalized spacial score (nSPS) is 12.5. The zero-order chi connectivity index (χ0) is 15.5. The number of aliphatic hydroxyl groups is 2. The van der Waals surface area contributed by atoms with Gasteiger partial charge in [-0.25, -0.2) is 4.98 Å². The van der Waals surface area contributed by atoms with Crippen LogP contribution in [-0.4, -0.2) is 38.9 Å². The molecule has 2 heterocycles. The Kier molecular flexibility index (Phi) is 4.29. The molecule has 1 aromatic carbocycles. The quantitative estimate of drug-likeness (QED) is 0.676. The molecule has 1 atom stereocenters. The summed E-state index contributed by atoms with van der Waals surface area (Å²) in [6.45, 7) is 0.0284. The SMILES string of the molecule is OCC(O)CNc1cccc(-c2cn3cc(Cl)ccc3n2)c1. The number of hydrogen-bond acceptors (Lipinski definition) is 4. The first-order chi connectivity index (χ1) is 10.7. The number of aliphatic hydroxyl groups excluding tert-OH is 2. The molecule has 1 unspecified atom stereocenters. The fourth-order valence-corrected chi connectivity index (χ4v) is 2.36. The molecule has 114 valence electrons. The molecule has 0 bridgehead atoms. The summed E-state index contributed by atoms with van der Waals surface area (Å²) in [4.78, 5) is 4.56. The van der Waals surface area contributed by atoms with E-state index >= 15 is 0 Å². The van der Waals surface area contributed by atoms with Crippen LogP contribution in [0.4, 0.5) is 5.69 Å². The maximum atomic E-state index is 9.39. The van der Waals surface area contributed by atoms with Crippen LogP contribution in [0.5, 0.6) is 0 Å². The van der Waals surface area contributed by atoms with Gasteiger partial charge < -0.3 is 19.9 Å². The van der Waals surface area contributed by atoms with Gasteiger partial charge in [-0.1, -0.05) is 23.7 Å². The first kappa shape index (κ1) is 14.8. The molecule has 0 radical (unpaired) electrons. The van der Waals surface area contributed by atoms with E-state index in [2.05, 4.69) is 10.3 Å². The third-order valence-corrected chi connectivity index (χ3v) is 3.55. The van der Waals surface area contributed by atoms with Gasteiger partial charge in [-0.2, -0.15) is 0 Å². The van der Waals surface area contributed by atoms with Crippen LogP contribution >= 0.6 is 11.6 Å². The van der Waals surface area contributed by atoms with Crippen LogP contribution in [0.3, 0.4) is 0 Å². The number of benzene rings is 1. The summed E-state index contributed by atoms with van der Waals surface area (Å²) >= 11 is 5.98. The molecule has 0 aliphatic carbocycles. The molecule has 3 rings (SSSR count). The molecule has 0 aliphatic rings. The van der Waals surface area contributed by atoms with E-state index < -0.39 is 6.10 Å². The Morgan fingerprint density at radius 1 is 1.23 bits per heavy atom. The fraction of sp³-hybridized carbons (Fsp3) is 0.188. The number of halogens is 1. The largest absolute Gasteiger partial charge is 0.394 e. The van der Waals surface area contributed by atoms with E-state index in [1.54, 1.807) is 0 Å². The molecule has 3 aromatic rings. The van der Waals surface area contributed by atoms with Gasteiger partial charge in [0.15, 0.2) is 0 Å². The minimum Gasteiger partial charge on any atom is -0.394 e. The zero-order valence-corrected chi connectivity index (χ0v) is 12.5. The second kappa shape index (κ2) is 6.36. The molecule has 2 aromatic heterocycles. The molecule has 22 heavy (non-hydrogen) atoms. The van der Waals surface area contributed by atoms with Crippen LogP contribution in [0.15, 0.2) is 48.8 Å². The van der Waals surface area contributed by atoms with E-state index in [0.29, 0.717) is 11.6 Å². The second-order valence-corrected chi connectivity index (χ2v) is 5.47. The number of imidazole rings is 1. The number of pyridine rings is 1. The molecular formula is C16H16ClN3O2. The molecule has 3 N–H and O–H groups in total. The Bertz CT molecular complexity index is 788. The molecule has 5 nitrogen and oxygen atoms in total. The lowest BCUT2D eigenvalue weighted by atomic mass is 10.1. The fourth-order valence-electron chi connectivity index (χ4n) is 2.19. The van der Waals surface area contributed by atoms with Gasteiger partial charge in [-0.05, 0) is 24.3 Å². The number of nitrogens with zero attached hydrogens (tertiary/aromatic N) is 2. The van der Waals surface area contributed by atoms with Gasteiger partial charge >= 0.3 is 0 Å². The van der Waals surface area contributed by atoms with Crippen LogP contribution < -0.4 is 5.32 Å².